The summed E-state index contributed by atoms with van der Waals surface area (Å²) in [6, 6.07) is 10.9. The first kappa shape index (κ1) is 17.7. The third-order valence-corrected chi connectivity index (χ3v) is 4.30. The van der Waals surface area contributed by atoms with Gasteiger partial charge in [0.05, 0.1) is 6.42 Å². The van der Waals surface area contributed by atoms with Crippen molar-refractivity contribution in [2.45, 2.75) is 6.42 Å². The van der Waals surface area contributed by atoms with Crippen LogP contribution in [0.15, 0.2) is 48.8 Å². The summed E-state index contributed by atoms with van der Waals surface area (Å²) in [5.41, 5.74) is 2.01. The first-order chi connectivity index (χ1) is 12.6. The van der Waals surface area contributed by atoms with Crippen LogP contribution in [0.4, 0.5) is 5.69 Å². The highest BCUT2D eigenvalue weighted by molar-refractivity contribution is 5.79. The van der Waals surface area contributed by atoms with E-state index in [0.29, 0.717) is 25.3 Å². The van der Waals surface area contributed by atoms with Crippen molar-refractivity contribution in [2.24, 2.45) is 0 Å². The third-order valence-electron chi connectivity index (χ3n) is 4.30. The Morgan fingerprint density at radius 1 is 1.00 bits per heavy atom. The second kappa shape index (κ2) is 8.33. The highest BCUT2D eigenvalue weighted by Gasteiger charge is 2.21. The molecule has 2 heterocycles. The zero-order valence-corrected chi connectivity index (χ0v) is 14.4. The molecular formula is C19H21N3O4. The number of nitrogens with zero attached hydrogens (tertiary/aromatic N) is 3. The Balaban J connectivity index is 1.49. The summed E-state index contributed by atoms with van der Waals surface area (Å²) in [5, 5.41) is 8.60. The number of hydrogen-bond acceptors (Lipinski definition) is 5. The Labute approximate surface area is 151 Å². The molecule has 1 amide bonds. The fourth-order valence-corrected chi connectivity index (χ4v) is 2.90. The molecule has 0 saturated carbocycles. The number of piperazine rings is 1. The van der Waals surface area contributed by atoms with Crippen LogP contribution < -0.4 is 9.64 Å². The van der Waals surface area contributed by atoms with E-state index in [1.807, 2.05) is 17.0 Å². The molecule has 1 aliphatic heterocycles. The lowest BCUT2D eigenvalue weighted by Crippen LogP contribution is -2.49. The Hall–Kier alpha value is -3.09. The molecule has 1 aliphatic rings. The SMILES string of the molecule is O=C(O)COc1ccc(CC(=O)N2CCN(c3ccncc3)CC2)cc1. The molecule has 7 nitrogen and oxygen atoms in total. The summed E-state index contributed by atoms with van der Waals surface area (Å²) in [4.78, 5) is 31.2. The maximum Gasteiger partial charge on any atom is 0.341 e. The van der Waals surface area contributed by atoms with Crippen molar-refractivity contribution in [3.63, 3.8) is 0 Å². The predicted octanol–water partition coefficient (Wildman–Crippen LogP) is 1.44. The number of carbonyl (C=O) groups excluding carboxylic acids is 1. The number of aliphatic carboxylic acids is 1. The molecule has 3 rings (SSSR count). The Morgan fingerprint density at radius 3 is 2.27 bits per heavy atom. The number of ether oxygens (including phenoxy) is 1. The monoisotopic (exact) mass is 355 g/mol. The van der Waals surface area contributed by atoms with Gasteiger partial charge in [-0.2, -0.15) is 0 Å². The lowest BCUT2D eigenvalue weighted by atomic mass is 10.1. The molecule has 2 aromatic rings. The van der Waals surface area contributed by atoms with Crippen molar-refractivity contribution >= 4 is 17.6 Å². The molecule has 1 saturated heterocycles. The molecule has 1 fully saturated rings. The van der Waals surface area contributed by atoms with Crippen molar-refractivity contribution in [1.29, 1.82) is 0 Å². The maximum absolute atomic E-state index is 12.5. The minimum absolute atomic E-state index is 0.0959. The zero-order chi connectivity index (χ0) is 18.4. The first-order valence-electron chi connectivity index (χ1n) is 8.48. The number of anilines is 1. The van der Waals surface area contributed by atoms with Crippen LogP contribution >= 0.6 is 0 Å². The normalized spacial score (nSPS) is 14.2. The quantitative estimate of drug-likeness (QED) is 0.844. The smallest absolute Gasteiger partial charge is 0.341 e. The standard InChI is InChI=1S/C19H21N3O4/c23-18(13-15-1-3-17(4-2-15)26-14-19(24)25)22-11-9-21(10-12-22)16-5-7-20-8-6-16/h1-8H,9-14H2,(H,24,25). The molecule has 0 aliphatic carbocycles. The van der Waals surface area contributed by atoms with Crippen LogP contribution in [0.2, 0.25) is 0 Å². The molecule has 1 N–H and O–H groups in total. The Bertz CT molecular complexity index is 741. The van der Waals surface area contributed by atoms with E-state index < -0.39 is 5.97 Å². The number of hydrogen-bond donors (Lipinski definition) is 1. The third kappa shape index (κ3) is 4.72. The fourth-order valence-electron chi connectivity index (χ4n) is 2.90. The van der Waals surface area contributed by atoms with Crippen molar-refractivity contribution in [3.8, 4) is 5.75 Å². The summed E-state index contributed by atoms with van der Waals surface area (Å²) >= 11 is 0. The lowest BCUT2D eigenvalue weighted by Gasteiger charge is -2.36. The average molecular weight is 355 g/mol. The zero-order valence-electron chi connectivity index (χ0n) is 14.4. The minimum Gasteiger partial charge on any atom is -0.482 e. The predicted molar refractivity (Wildman–Crippen MR) is 96.3 cm³/mol. The highest BCUT2D eigenvalue weighted by Crippen LogP contribution is 2.16. The summed E-state index contributed by atoms with van der Waals surface area (Å²) in [6.07, 6.45) is 3.88. The molecule has 7 heteroatoms. The molecule has 26 heavy (non-hydrogen) atoms. The van der Waals surface area contributed by atoms with E-state index in [2.05, 4.69) is 9.88 Å². The highest BCUT2D eigenvalue weighted by atomic mass is 16.5. The van der Waals surface area contributed by atoms with Gasteiger partial charge in [0.25, 0.3) is 0 Å². The molecule has 0 bridgehead atoms. The van der Waals surface area contributed by atoms with Gasteiger partial charge in [-0.1, -0.05) is 12.1 Å². The molecule has 136 valence electrons. The van der Waals surface area contributed by atoms with E-state index in [1.165, 1.54) is 0 Å². The summed E-state index contributed by atoms with van der Waals surface area (Å²) in [6.45, 7) is 2.62. The summed E-state index contributed by atoms with van der Waals surface area (Å²) in [5.74, 6) is -0.441. The second-order valence-corrected chi connectivity index (χ2v) is 6.08. The van der Waals surface area contributed by atoms with E-state index in [0.717, 1.165) is 24.3 Å². The van der Waals surface area contributed by atoms with Crippen LogP contribution in [-0.4, -0.2) is 59.7 Å². The van der Waals surface area contributed by atoms with Gasteiger partial charge in [0.1, 0.15) is 5.75 Å². The van der Waals surface area contributed by atoms with Gasteiger partial charge in [0.15, 0.2) is 6.61 Å². The van der Waals surface area contributed by atoms with E-state index in [9.17, 15) is 9.59 Å². The number of carbonyl (C=O) groups is 2. The molecule has 0 atom stereocenters. The number of benzene rings is 1. The van der Waals surface area contributed by atoms with Crippen LogP contribution in [0.3, 0.4) is 0 Å². The van der Waals surface area contributed by atoms with E-state index >= 15 is 0 Å². The van der Waals surface area contributed by atoms with Crippen LogP contribution in [-0.2, 0) is 16.0 Å². The molecule has 0 unspecified atom stereocenters. The fraction of sp³-hybridized carbons (Fsp3) is 0.316. The van der Waals surface area contributed by atoms with Gasteiger partial charge in [-0.25, -0.2) is 4.79 Å². The molecule has 1 aromatic carbocycles. The van der Waals surface area contributed by atoms with Crippen molar-refractivity contribution in [1.82, 2.24) is 9.88 Å². The topological polar surface area (TPSA) is 83.0 Å². The van der Waals surface area contributed by atoms with Crippen LogP contribution in [0, 0.1) is 0 Å². The van der Waals surface area contributed by atoms with Gasteiger partial charge in [0, 0.05) is 44.3 Å². The van der Waals surface area contributed by atoms with Gasteiger partial charge < -0.3 is 19.6 Å². The molecule has 1 aromatic heterocycles. The second-order valence-electron chi connectivity index (χ2n) is 6.08. The van der Waals surface area contributed by atoms with Crippen LogP contribution in [0.5, 0.6) is 5.75 Å². The number of pyridine rings is 1. The van der Waals surface area contributed by atoms with E-state index in [4.69, 9.17) is 9.84 Å². The number of carboxylic acid groups (broad SMARTS) is 1. The van der Waals surface area contributed by atoms with Gasteiger partial charge >= 0.3 is 5.97 Å². The van der Waals surface area contributed by atoms with E-state index in [1.54, 1.807) is 36.7 Å². The van der Waals surface area contributed by atoms with Gasteiger partial charge in [-0.05, 0) is 29.8 Å². The average Bonchev–Trinajstić information content (AvgIpc) is 2.68. The van der Waals surface area contributed by atoms with Gasteiger partial charge in [-0.3, -0.25) is 9.78 Å². The number of rotatable bonds is 6. The largest absolute Gasteiger partial charge is 0.482 e. The summed E-state index contributed by atoms with van der Waals surface area (Å²) in [7, 11) is 0. The molecule has 0 radical (unpaired) electrons. The molecule has 0 spiro atoms. The van der Waals surface area contributed by atoms with Crippen molar-refractivity contribution < 1.29 is 19.4 Å². The Kier molecular flexibility index (Phi) is 5.68. The summed E-state index contributed by atoms with van der Waals surface area (Å²) < 4.78 is 5.09. The number of amides is 1. The van der Waals surface area contributed by atoms with E-state index in [-0.39, 0.29) is 12.5 Å². The van der Waals surface area contributed by atoms with Gasteiger partial charge in [-0.15, -0.1) is 0 Å². The number of aromatic nitrogens is 1. The minimum atomic E-state index is -1.02. The van der Waals surface area contributed by atoms with Gasteiger partial charge in [0.2, 0.25) is 5.91 Å². The van der Waals surface area contributed by atoms with Crippen LogP contribution in [0.1, 0.15) is 5.56 Å². The molecular weight excluding hydrogens is 334 g/mol. The lowest BCUT2D eigenvalue weighted by molar-refractivity contribution is -0.139. The van der Waals surface area contributed by atoms with Crippen LogP contribution in [0.25, 0.3) is 0 Å². The first-order valence-corrected chi connectivity index (χ1v) is 8.48. The van der Waals surface area contributed by atoms with Crippen molar-refractivity contribution in [2.75, 3.05) is 37.7 Å². The number of carboxylic acids is 1. The van der Waals surface area contributed by atoms with Crippen molar-refractivity contribution in [3.05, 3.63) is 54.4 Å². The Morgan fingerprint density at radius 2 is 1.65 bits per heavy atom. The maximum atomic E-state index is 12.5.